The van der Waals surface area contributed by atoms with Gasteiger partial charge in [0.25, 0.3) is 0 Å². The second-order valence-electron chi connectivity index (χ2n) is 10.5. The van der Waals surface area contributed by atoms with E-state index in [0.717, 1.165) is 28.2 Å². The lowest BCUT2D eigenvalue weighted by atomic mass is 9.98. The van der Waals surface area contributed by atoms with Crippen molar-refractivity contribution in [3.05, 3.63) is 131 Å². The van der Waals surface area contributed by atoms with Crippen LogP contribution in [-0.4, -0.2) is 62.6 Å². The van der Waals surface area contributed by atoms with Crippen molar-refractivity contribution in [1.29, 1.82) is 0 Å². The first kappa shape index (κ1) is 32.2. The molecule has 5 atom stereocenters. The fraction of sp³-hybridized carbons (Fsp3) is 0.306. The third-order valence-corrected chi connectivity index (χ3v) is 7.49. The van der Waals surface area contributed by atoms with Crippen LogP contribution < -0.4 is 9.47 Å². The van der Waals surface area contributed by atoms with Crippen molar-refractivity contribution in [2.24, 2.45) is 0 Å². The Morgan fingerprint density at radius 2 is 1.09 bits per heavy atom. The zero-order chi connectivity index (χ0) is 31.4. The molecule has 1 N–H and O–H groups in total. The van der Waals surface area contributed by atoms with E-state index in [0.29, 0.717) is 5.56 Å². The molecule has 0 unspecified atom stereocenters. The van der Waals surface area contributed by atoms with Crippen molar-refractivity contribution < 1.29 is 43.1 Å². The lowest BCUT2D eigenvalue weighted by molar-refractivity contribution is -0.315. The Bertz CT molecular complexity index is 1450. The van der Waals surface area contributed by atoms with Gasteiger partial charge in [-0.1, -0.05) is 72.8 Å². The summed E-state index contributed by atoms with van der Waals surface area (Å²) in [5.41, 5.74) is 3.10. The van der Waals surface area contributed by atoms with Crippen molar-refractivity contribution in [2.75, 3.05) is 20.8 Å². The molecule has 4 aromatic carbocycles. The van der Waals surface area contributed by atoms with Crippen LogP contribution in [0.5, 0.6) is 11.5 Å². The molecule has 9 nitrogen and oxygen atoms in total. The molecule has 1 heterocycles. The largest absolute Gasteiger partial charge is 0.497 e. The predicted molar refractivity (Wildman–Crippen MR) is 166 cm³/mol. The topological polar surface area (TPSA) is 102 Å². The molecule has 0 aliphatic carbocycles. The molecule has 0 aromatic heterocycles. The van der Waals surface area contributed by atoms with E-state index in [1.807, 2.05) is 84.9 Å². The number of benzene rings is 4. The molecule has 0 amide bonds. The van der Waals surface area contributed by atoms with Crippen molar-refractivity contribution >= 4 is 5.97 Å². The standard InChI is InChI=1S/C36H38O9/c1-39-29-17-13-26(14-18-29)22-41-32-31(24-44-35(37)28-11-7-4-8-12-28)45-36(38)34(43-21-25-9-5-3-6-10-25)33(32)42-23-27-15-19-30(40-2)20-16-27/h3-20,31-34,36,38H,21-24H2,1-2H3/t31-,32-,33+,34-,36+/m1/s1. The van der Waals surface area contributed by atoms with Crippen LogP contribution in [-0.2, 0) is 43.5 Å². The highest BCUT2D eigenvalue weighted by molar-refractivity contribution is 5.89. The average Bonchev–Trinajstić information content (AvgIpc) is 3.10. The number of hydrogen-bond acceptors (Lipinski definition) is 9. The van der Waals surface area contributed by atoms with Crippen LogP contribution in [0.15, 0.2) is 109 Å². The molecule has 0 spiro atoms. The van der Waals surface area contributed by atoms with E-state index in [-0.39, 0.29) is 26.4 Å². The Labute approximate surface area is 263 Å². The summed E-state index contributed by atoms with van der Waals surface area (Å²) in [5.74, 6) is 0.940. The molecule has 4 aromatic rings. The SMILES string of the molecule is COc1ccc(CO[C@@H]2[C@@H](OCc3ccccc3)[C@@H](O)O[C@H](COC(=O)c3ccccc3)[C@H]2OCc2ccc(OC)cc2)cc1. The van der Waals surface area contributed by atoms with Crippen molar-refractivity contribution in [3.63, 3.8) is 0 Å². The second-order valence-corrected chi connectivity index (χ2v) is 10.5. The number of carbonyl (C=O) groups excluding carboxylic acids is 1. The minimum atomic E-state index is -1.38. The zero-order valence-electron chi connectivity index (χ0n) is 25.3. The summed E-state index contributed by atoms with van der Waals surface area (Å²) in [7, 11) is 3.22. The third kappa shape index (κ3) is 8.91. The Morgan fingerprint density at radius 3 is 1.62 bits per heavy atom. The van der Waals surface area contributed by atoms with Crippen molar-refractivity contribution in [3.8, 4) is 11.5 Å². The van der Waals surface area contributed by atoms with E-state index in [9.17, 15) is 9.90 Å². The molecular weight excluding hydrogens is 576 g/mol. The number of rotatable bonds is 14. The van der Waals surface area contributed by atoms with Crippen LogP contribution in [0.3, 0.4) is 0 Å². The maximum atomic E-state index is 12.8. The summed E-state index contributed by atoms with van der Waals surface area (Å²) in [6.45, 7) is 0.440. The Kier molecular flexibility index (Phi) is 11.6. The van der Waals surface area contributed by atoms with E-state index in [1.54, 1.807) is 38.5 Å². The molecule has 0 radical (unpaired) electrons. The number of ether oxygens (including phenoxy) is 7. The number of aliphatic hydroxyl groups is 1. The number of carbonyl (C=O) groups is 1. The summed E-state index contributed by atoms with van der Waals surface area (Å²) in [5, 5.41) is 11.2. The second kappa shape index (κ2) is 16.2. The van der Waals surface area contributed by atoms with Crippen LogP contribution in [0.25, 0.3) is 0 Å². The van der Waals surface area contributed by atoms with Gasteiger partial charge < -0.3 is 38.3 Å². The molecule has 1 fully saturated rings. The molecule has 0 saturated carbocycles. The molecule has 9 heteroatoms. The Morgan fingerprint density at radius 1 is 0.622 bits per heavy atom. The molecule has 1 aliphatic rings. The van der Waals surface area contributed by atoms with Gasteiger partial charge in [0.15, 0.2) is 6.29 Å². The number of methoxy groups -OCH3 is 2. The van der Waals surface area contributed by atoms with Gasteiger partial charge in [0, 0.05) is 0 Å². The fourth-order valence-corrected chi connectivity index (χ4v) is 5.01. The summed E-state index contributed by atoms with van der Waals surface area (Å²) < 4.78 is 41.5. The summed E-state index contributed by atoms with van der Waals surface area (Å²) >= 11 is 0. The summed E-state index contributed by atoms with van der Waals surface area (Å²) in [6.07, 6.45) is -4.72. The molecule has 236 valence electrons. The highest BCUT2D eigenvalue weighted by atomic mass is 16.7. The first-order chi connectivity index (χ1) is 22.0. The predicted octanol–water partition coefficient (Wildman–Crippen LogP) is 5.33. The molecule has 45 heavy (non-hydrogen) atoms. The first-order valence-corrected chi connectivity index (χ1v) is 14.7. The Balaban J connectivity index is 1.39. The normalized spacial score (nSPS) is 21.2. The van der Waals surface area contributed by atoms with E-state index in [2.05, 4.69) is 0 Å². The van der Waals surface area contributed by atoms with Gasteiger partial charge >= 0.3 is 5.97 Å². The Hall–Kier alpha value is -4.25. The third-order valence-electron chi connectivity index (χ3n) is 7.49. The first-order valence-electron chi connectivity index (χ1n) is 14.7. The minimum absolute atomic E-state index is 0.175. The summed E-state index contributed by atoms with van der Waals surface area (Å²) in [4.78, 5) is 12.8. The van der Waals surface area contributed by atoms with E-state index in [1.165, 1.54) is 0 Å². The van der Waals surface area contributed by atoms with Gasteiger partial charge in [-0.15, -0.1) is 0 Å². The molecule has 0 bridgehead atoms. The van der Waals surface area contributed by atoms with Gasteiger partial charge in [-0.25, -0.2) is 4.79 Å². The molecule has 1 saturated heterocycles. The van der Waals surface area contributed by atoms with E-state index < -0.39 is 36.7 Å². The maximum absolute atomic E-state index is 12.8. The van der Waals surface area contributed by atoms with Gasteiger partial charge in [-0.05, 0) is 53.1 Å². The molecule has 1 aliphatic heterocycles. The lowest BCUT2D eigenvalue weighted by Crippen LogP contribution is -2.61. The van der Waals surface area contributed by atoms with Crippen LogP contribution in [0.4, 0.5) is 0 Å². The van der Waals surface area contributed by atoms with Gasteiger partial charge in [-0.3, -0.25) is 0 Å². The van der Waals surface area contributed by atoms with Crippen LogP contribution in [0.1, 0.15) is 27.0 Å². The average molecular weight is 615 g/mol. The number of hydrogen-bond donors (Lipinski definition) is 1. The van der Waals surface area contributed by atoms with E-state index >= 15 is 0 Å². The summed E-state index contributed by atoms with van der Waals surface area (Å²) in [6, 6.07) is 33.3. The zero-order valence-corrected chi connectivity index (χ0v) is 25.3. The molecule has 5 rings (SSSR count). The van der Waals surface area contributed by atoms with E-state index in [4.69, 9.17) is 33.2 Å². The maximum Gasteiger partial charge on any atom is 0.338 e. The highest BCUT2D eigenvalue weighted by Gasteiger charge is 2.48. The smallest absolute Gasteiger partial charge is 0.338 e. The van der Waals surface area contributed by atoms with Gasteiger partial charge in [0.1, 0.15) is 42.5 Å². The van der Waals surface area contributed by atoms with Crippen LogP contribution in [0, 0.1) is 0 Å². The lowest BCUT2D eigenvalue weighted by Gasteiger charge is -2.44. The van der Waals surface area contributed by atoms with Crippen LogP contribution in [0.2, 0.25) is 0 Å². The van der Waals surface area contributed by atoms with Gasteiger partial charge in [0.05, 0.1) is 39.6 Å². The van der Waals surface area contributed by atoms with Crippen LogP contribution >= 0.6 is 0 Å². The quantitative estimate of drug-likeness (QED) is 0.189. The van der Waals surface area contributed by atoms with Gasteiger partial charge in [0.2, 0.25) is 0 Å². The number of aliphatic hydroxyl groups excluding tert-OH is 1. The number of esters is 1. The molecular formula is C36H38O9. The fourth-order valence-electron chi connectivity index (χ4n) is 5.01. The minimum Gasteiger partial charge on any atom is -0.497 e. The van der Waals surface area contributed by atoms with Crippen molar-refractivity contribution in [1.82, 2.24) is 0 Å². The van der Waals surface area contributed by atoms with Crippen molar-refractivity contribution in [2.45, 2.75) is 50.5 Å². The monoisotopic (exact) mass is 614 g/mol. The van der Waals surface area contributed by atoms with Gasteiger partial charge in [-0.2, -0.15) is 0 Å². The highest BCUT2D eigenvalue weighted by Crippen LogP contribution is 2.30.